The molecule has 1 amide bonds. The topological polar surface area (TPSA) is 49.8 Å². The lowest BCUT2D eigenvalue weighted by atomic mass is 9.80. The van der Waals surface area contributed by atoms with Gasteiger partial charge in [-0.2, -0.15) is 0 Å². The number of rotatable bonds is 2. The Morgan fingerprint density at radius 1 is 1.33 bits per heavy atom. The lowest BCUT2D eigenvalue weighted by Gasteiger charge is -2.44. The first-order valence-corrected chi connectivity index (χ1v) is 8.27. The van der Waals surface area contributed by atoms with E-state index in [-0.39, 0.29) is 17.6 Å². The first kappa shape index (κ1) is 16.4. The molecule has 116 valence electrons. The molecule has 0 bridgehead atoms. The van der Waals surface area contributed by atoms with Crippen molar-refractivity contribution in [1.29, 1.82) is 0 Å². The van der Waals surface area contributed by atoms with Crippen LogP contribution >= 0.6 is 22.6 Å². The van der Waals surface area contributed by atoms with Crippen LogP contribution in [0, 0.1) is 8.99 Å². The molecule has 0 aliphatic carbocycles. The lowest BCUT2D eigenvalue weighted by molar-refractivity contribution is 0.0130. The summed E-state index contributed by atoms with van der Waals surface area (Å²) in [5.41, 5.74) is -0.0908. The highest BCUT2D eigenvalue weighted by Gasteiger charge is 2.39. The van der Waals surface area contributed by atoms with E-state index >= 15 is 0 Å². The number of carbonyl (C=O) groups is 1. The van der Waals surface area contributed by atoms with Crippen molar-refractivity contribution in [2.75, 3.05) is 6.54 Å². The zero-order chi connectivity index (χ0) is 15.6. The molecular weight excluding hydrogens is 381 g/mol. The summed E-state index contributed by atoms with van der Waals surface area (Å²) in [6.45, 7) is 6.79. The maximum Gasteiger partial charge on any atom is 0.407 e. The van der Waals surface area contributed by atoms with Crippen molar-refractivity contribution in [1.82, 2.24) is 4.90 Å². The van der Waals surface area contributed by atoms with E-state index in [2.05, 4.69) is 43.4 Å². The quantitative estimate of drug-likeness (QED) is 0.753. The number of piperidine rings is 1. The fraction of sp³-hybridized carbons (Fsp3) is 0.562. The van der Waals surface area contributed by atoms with Crippen LogP contribution in [-0.4, -0.2) is 34.8 Å². The second-order valence-electron chi connectivity index (χ2n) is 6.58. The largest absolute Gasteiger partial charge is 0.490 e. The Morgan fingerprint density at radius 3 is 2.48 bits per heavy atom. The molecule has 1 N–H and O–H groups in total. The number of carboxylic acid groups (broad SMARTS) is 1. The number of ether oxygens (including phenoxy) is 1. The van der Waals surface area contributed by atoms with Crippen LogP contribution in [0.5, 0.6) is 5.75 Å². The number of halogens is 1. The second-order valence-corrected chi connectivity index (χ2v) is 7.82. The van der Waals surface area contributed by atoms with Gasteiger partial charge in [0.1, 0.15) is 11.9 Å². The molecule has 1 fully saturated rings. The van der Waals surface area contributed by atoms with Crippen LogP contribution in [-0.2, 0) is 0 Å². The standard InChI is InChI=1S/C16H22INO3/c1-16(2,3)14-10-13(8-9-18(14)15(19)20)21-12-6-4-11(17)5-7-12/h4-7,13-14H,8-10H2,1-3H3,(H,19,20). The van der Waals surface area contributed by atoms with Gasteiger partial charge in [0, 0.05) is 29.0 Å². The number of hydrogen-bond donors (Lipinski definition) is 1. The third kappa shape index (κ3) is 4.25. The van der Waals surface area contributed by atoms with Crippen LogP contribution < -0.4 is 4.74 Å². The van der Waals surface area contributed by atoms with Gasteiger partial charge in [0.15, 0.2) is 0 Å². The van der Waals surface area contributed by atoms with E-state index in [4.69, 9.17) is 4.74 Å². The van der Waals surface area contributed by atoms with Gasteiger partial charge in [-0.05, 0) is 52.3 Å². The Morgan fingerprint density at radius 2 is 1.95 bits per heavy atom. The molecule has 0 spiro atoms. The molecule has 1 saturated heterocycles. The van der Waals surface area contributed by atoms with E-state index in [0.717, 1.165) is 18.6 Å². The van der Waals surface area contributed by atoms with E-state index in [1.807, 2.05) is 24.3 Å². The number of hydrogen-bond acceptors (Lipinski definition) is 2. The Balaban J connectivity index is 2.07. The zero-order valence-electron chi connectivity index (χ0n) is 12.7. The number of benzene rings is 1. The number of nitrogens with zero attached hydrogens (tertiary/aromatic N) is 1. The van der Waals surface area contributed by atoms with Crippen molar-refractivity contribution in [3.05, 3.63) is 27.8 Å². The molecule has 0 saturated carbocycles. The molecule has 0 aromatic heterocycles. The molecular formula is C16H22INO3. The molecule has 5 heteroatoms. The minimum atomic E-state index is -0.831. The summed E-state index contributed by atoms with van der Waals surface area (Å²) >= 11 is 2.26. The number of likely N-dealkylation sites (tertiary alicyclic amines) is 1. The molecule has 2 atom stereocenters. The van der Waals surface area contributed by atoms with E-state index < -0.39 is 6.09 Å². The van der Waals surface area contributed by atoms with Gasteiger partial charge < -0.3 is 14.7 Å². The Labute approximate surface area is 139 Å². The Kier molecular flexibility index (Phi) is 5.01. The summed E-state index contributed by atoms with van der Waals surface area (Å²) in [6.07, 6.45) is 0.722. The van der Waals surface area contributed by atoms with Gasteiger partial charge in [0.25, 0.3) is 0 Å². The molecule has 1 aromatic rings. The summed E-state index contributed by atoms with van der Waals surface area (Å²) in [5.74, 6) is 0.858. The van der Waals surface area contributed by atoms with Crippen LogP contribution in [0.1, 0.15) is 33.6 Å². The highest BCUT2D eigenvalue weighted by Crippen LogP contribution is 2.33. The molecule has 2 unspecified atom stereocenters. The normalized spacial score (nSPS) is 23.0. The molecule has 0 radical (unpaired) electrons. The number of amides is 1. The summed E-state index contributed by atoms with van der Waals surface area (Å²) in [4.78, 5) is 13.0. The minimum Gasteiger partial charge on any atom is -0.490 e. The molecule has 1 aliphatic rings. The van der Waals surface area contributed by atoms with E-state index in [1.165, 1.54) is 3.57 Å². The minimum absolute atomic E-state index is 0.0161. The average Bonchev–Trinajstić information content (AvgIpc) is 2.40. The fourth-order valence-corrected chi connectivity index (χ4v) is 3.16. The van der Waals surface area contributed by atoms with Crippen molar-refractivity contribution < 1.29 is 14.6 Å². The van der Waals surface area contributed by atoms with Crippen molar-refractivity contribution in [2.24, 2.45) is 5.41 Å². The summed E-state index contributed by atoms with van der Waals surface area (Å²) in [6, 6.07) is 7.96. The zero-order valence-corrected chi connectivity index (χ0v) is 14.8. The van der Waals surface area contributed by atoms with Crippen molar-refractivity contribution in [3.8, 4) is 5.75 Å². The molecule has 1 aromatic carbocycles. The molecule has 4 nitrogen and oxygen atoms in total. The van der Waals surface area contributed by atoms with Gasteiger partial charge in [-0.1, -0.05) is 20.8 Å². The van der Waals surface area contributed by atoms with E-state index in [9.17, 15) is 9.90 Å². The van der Waals surface area contributed by atoms with Crippen LogP contribution in [0.3, 0.4) is 0 Å². The predicted octanol–water partition coefficient (Wildman–Crippen LogP) is 4.23. The molecule has 2 rings (SSSR count). The Bertz CT molecular complexity index is 495. The van der Waals surface area contributed by atoms with Gasteiger partial charge in [0.2, 0.25) is 0 Å². The summed E-state index contributed by atoms with van der Waals surface area (Å²) in [7, 11) is 0. The Hall–Kier alpha value is -0.980. The first-order valence-electron chi connectivity index (χ1n) is 7.19. The maximum absolute atomic E-state index is 11.4. The maximum atomic E-state index is 11.4. The van der Waals surface area contributed by atoms with Gasteiger partial charge in [-0.3, -0.25) is 0 Å². The predicted molar refractivity (Wildman–Crippen MR) is 90.8 cm³/mol. The smallest absolute Gasteiger partial charge is 0.407 e. The van der Waals surface area contributed by atoms with Crippen molar-refractivity contribution in [3.63, 3.8) is 0 Å². The first-order chi connectivity index (χ1) is 9.77. The summed E-state index contributed by atoms with van der Waals surface area (Å²) < 4.78 is 7.22. The van der Waals surface area contributed by atoms with Crippen LogP contribution in [0.2, 0.25) is 0 Å². The van der Waals surface area contributed by atoms with Gasteiger partial charge >= 0.3 is 6.09 Å². The van der Waals surface area contributed by atoms with Gasteiger partial charge in [-0.15, -0.1) is 0 Å². The highest BCUT2D eigenvalue weighted by molar-refractivity contribution is 14.1. The van der Waals surface area contributed by atoms with Gasteiger partial charge in [-0.25, -0.2) is 4.79 Å². The lowest BCUT2D eigenvalue weighted by Crippen LogP contribution is -2.53. The van der Waals surface area contributed by atoms with Crippen LogP contribution in [0.15, 0.2) is 24.3 Å². The van der Waals surface area contributed by atoms with Crippen LogP contribution in [0.4, 0.5) is 4.79 Å². The summed E-state index contributed by atoms with van der Waals surface area (Å²) in [5, 5.41) is 9.36. The third-order valence-electron chi connectivity index (χ3n) is 3.92. The van der Waals surface area contributed by atoms with E-state index in [1.54, 1.807) is 4.90 Å². The monoisotopic (exact) mass is 403 g/mol. The average molecular weight is 403 g/mol. The molecule has 1 aliphatic heterocycles. The van der Waals surface area contributed by atoms with Gasteiger partial charge in [0.05, 0.1) is 0 Å². The highest BCUT2D eigenvalue weighted by atomic mass is 127. The SMILES string of the molecule is CC(C)(C)C1CC(Oc2ccc(I)cc2)CCN1C(=O)O. The molecule has 21 heavy (non-hydrogen) atoms. The second kappa shape index (κ2) is 6.42. The van der Waals surface area contributed by atoms with Crippen molar-refractivity contribution >= 4 is 28.7 Å². The molecule has 1 heterocycles. The van der Waals surface area contributed by atoms with Crippen molar-refractivity contribution in [2.45, 2.75) is 45.8 Å². The van der Waals surface area contributed by atoms with E-state index in [0.29, 0.717) is 6.54 Å². The third-order valence-corrected chi connectivity index (χ3v) is 4.64. The fourth-order valence-electron chi connectivity index (χ4n) is 2.80. The van der Waals surface area contributed by atoms with Crippen LogP contribution in [0.25, 0.3) is 0 Å².